The molecule has 0 saturated heterocycles. The van der Waals surface area contributed by atoms with Gasteiger partial charge < -0.3 is 14.1 Å². The average Bonchev–Trinajstić information content (AvgIpc) is 3.24. The minimum atomic E-state index is -0.433. The van der Waals surface area contributed by atoms with Crippen LogP contribution in [0.2, 0.25) is 0 Å². The Morgan fingerprint density at radius 3 is 2.77 bits per heavy atom. The number of carbonyl (C=O) groups excluding carboxylic acids is 1. The number of amides is 1. The number of halogens is 1. The number of para-hydroxylation sites is 2. The minimum Gasteiger partial charge on any atom is -0.483 e. The van der Waals surface area contributed by atoms with E-state index in [4.69, 9.17) is 9.15 Å². The lowest BCUT2D eigenvalue weighted by Gasteiger charge is -2.21. The number of furan rings is 1. The molecule has 1 aliphatic heterocycles. The molecule has 0 N–H and O–H groups in total. The van der Waals surface area contributed by atoms with Gasteiger partial charge in [0.15, 0.2) is 17.3 Å². The van der Waals surface area contributed by atoms with Crippen molar-refractivity contribution in [2.45, 2.75) is 26.0 Å². The van der Waals surface area contributed by atoms with E-state index in [0.717, 1.165) is 17.7 Å². The third kappa shape index (κ3) is 2.96. The standard InChI is InChI=1S/C21H18FNO3/c1-14-12-15-6-2-4-8-18(15)23(14)21(24)20-11-10-16(26-20)13-25-19-9-5-3-7-17(19)22/h2-11,14H,12-13H2,1H3/t14-/m0/s1. The third-order valence-electron chi connectivity index (χ3n) is 4.51. The molecule has 0 bridgehead atoms. The molecular formula is C21H18FNO3. The number of benzene rings is 2. The summed E-state index contributed by atoms with van der Waals surface area (Å²) < 4.78 is 24.7. The fraction of sp³-hybridized carbons (Fsp3) is 0.190. The predicted molar refractivity (Wildman–Crippen MR) is 95.9 cm³/mol. The minimum absolute atomic E-state index is 0.0559. The van der Waals surface area contributed by atoms with E-state index in [9.17, 15) is 9.18 Å². The molecule has 3 aromatic rings. The third-order valence-corrected chi connectivity index (χ3v) is 4.51. The Bertz CT molecular complexity index is 950. The highest BCUT2D eigenvalue weighted by Gasteiger charge is 2.32. The smallest absolute Gasteiger partial charge is 0.294 e. The molecule has 0 radical (unpaired) electrons. The molecule has 1 aliphatic rings. The molecule has 5 heteroatoms. The van der Waals surface area contributed by atoms with Gasteiger partial charge in [0.25, 0.3) is 5.91 Å². The average molecular weight is 351 g/mol. The molecule has 0 aliphatic carbocycles. The maximum absolute atomic E-state index is 13.6. The highest BCUT2D eigenvalue weighted by Crippen LogP contribution is 2.33. The number of anilines is 1. The first-order valence-corrected chi connectivity index (χ1v) is 8.51. The summed E-state index contributed by atoms with van der Waals surface area (Å²) in [5.74, 6) is 0.258. The highest BCUT2D eigenvalue weighted by atomic mass is 19.1. The summed E-state index contributed by atoms with van der Waals surface area (Å²) in [5, 5.41) is 0. The Morgan fingerprint density at radius 2 is 1.92 bits per heavy atom. The van der Waals surface area contributed by atoms with Crippen molar-refractivity contribution in [1.29, 1.82) is 0 Å². The molecule has 4 rings (SSSR count). The Balaban J connectivity index is 1.49. The first-order chi connectivity index (χ1) is 12.6. The zero-order chi connectivity index (χ0) is 18.1. The molecule has 0 spiro atoms. The lowest BCUT2D eigenvalue weighted by molar-refractivity contribution is 0.0950. The lowest BCUT2D eigenvalue weighted by Crippen LogP contribution is -2.35. The van der Waals surface area contributed by atoms with E-state index in [-0.39, 0.29) is 30.1 Å². The zero-order valence-electron chi connectivity index (χ0n) is 14.3. The number of carbonyl (C=O) groups is 1. The molecule has 1 amide bonds. The van der Waals surface area contributed by atoms with Crippen LogP contribution in [0.15, 0.2) is 65.1 Å². The van der Waals surface area contributed by atoms with Crippen molar-refractivity contribution in [3.05, 3.63) is 83.6 Å². The van der Waals surface area contributed by atoms with Crippen LogP contribution in [0.4, 0.5) is 10.1 Å². The van der Waals surface area contributed by atoms with Gasteiger partial charge in [0.1, 0.15) is 12.4 Å². The van der Waals surface area contributed by atoms with Crippen LogP contribution in [-0.2, 0) is 13.0 Å². The van der Waals surface area contributed by atoms with E-state index in [1.54, 1.807) is 35.2 Å². The first kappa shape index (κ1) is 16.4. The van der Waals surface area contributed by atoms with Crippen molar-refractivity contribution < 1.29 is 18.3 Å². The molecular weight excluding hydrogens is 333 g/mol. The van der Waals surface area contributed by atoms with Crippen molar-refractivity contribution in [3.8, 4) is 5.75 Å². The largest absolute Gasteiger partial charge is 0.483 e. The topological polar surface area (TPSA) is 42.7 Å². The van der Waals surface area contributed by atoms with Gasteiger partial charge in [-0.25, -0.2) is 4.39 Å². The Morgan fingerprint density at radius 1 is 1.15 bits per heavy atom. The van der Waals surface area contributed by atoms with Crippen molar-refractivity contribution in [2.24, 2.45) is 0 Å². The number of hydrogen-bond acceptors (Lipinski definition) is 3. The van der Waals surface area contributed by atoms with Gasteiger partial charge in [-0.1, -0.05) is 30.3 Å². The van der Waals surface area contributed by atoms with E-state index in [1.807, 2.05) is 31.2 Å². The quantitative estimate of drug-likeness (QED) is 0.690. The summed E-state index contributed by atoms with van der Waals surface area (Å²) >= 11 is 0. The maximum Gasteiger partial charge on any atom is 0.294 e. The predicted octanol–water partition coefficient (Wildman–Crippen LogP) is 4.59. The van der Waals surface area contributed by atoms with Gasteiger partial charge in [0.05, 0.1) is 0 Å². The number of nitrogens with zero attached hydrogens (tertiary/aromatic N) is 1. The molecule has 1 aromatic heterocycles. The van der Waals surface area contributed by atoms with E-state index in [2.05, 4.69) is 0 Å². The Kier molecular flexibility index (Phi) is 4.21. The van der Waals surface area contributed by atoms with Crippen LogP contribution in [-0.4, -0.2) is 11.9 Å². The van der Waals surface area contributed by atoms with Crippen LogP contribution in [0.3, 0.4) is 0 Å². The second-order valence-corrected chi connectivity index (χ2v) is 6.34. The fourth-order valence-electron chi connectivity index (χ4n) is 3.27. The van der Waals surface area contributed by atoms with Crippen LogP contribution in [0.1, 0.15) is 28.8 Å². The van der Waals surface area contributed by atoms with E-state index >= 15 is 0 Å². The molecule has 1 atom stereocenters. The van der Waals surface area contributed by atoms with Gasteiger partial charge in [0.2, 0.25) is 0 Å². The fourth-order valence-corrected chi connectivity index (χ4v) is 3.27. The normalized spacial score (nSPS) is 15.8. The number of hydrogen-bond donors (Lipinski definition) is 0. The molecule has 26 heavy (non-hydrogen) atoms. The van der Waals surface area contributed by atoms with Gasteiger partial charge in [0, 0.05) is 11.7 Å². The lowest BCUT2D eigenvalue weighted by atomic mass is 10.1. The second-order valence-electron chi connectivity index (χ2n) is 6.34. The van der Waals surface area contributed by atoms with Gasteiger partial charge in [-0.3, -0.25) is 4.79 Å². The van der Waals surface area contributed by atoms with Crippen LogP contribution >= 0.6 is 0 Å². The van der Waals surface area contributed by atoms with Gasteiger partial charge >= 0.3 is 0 Å². The zero-order valence-corrected chi connectivity index (χ0v) is 14.3. The Hall–Kier alpha value is -3.08. The monoisotopic (exact) mass is 351 g/mol. The van der Waals surface area contributed by atoms with Gasteiger partial charge in [-0.2, -0.15) is 0 Å². The van der Waals surface area contributed by atoms with Crippen molar-refractivity contribution >= 4 is 11.6 Å². The summed E-state index contributed by atoms with van der Waals surface area (Å²) in [5.41, 5.74) is 2.08. The molecule has 4 nitrogen and oxygen atoms in total. The van der Waals surface area contributed by atoms with E-state index < -0.39 is 5.82 Å². The van der Waals surface area contributed by atoms with Crippen LogP contribution in [0.25, 0.3) is 0 Å². The van der Waals surface area contributed by atoms with Crippen molar-refractivity contribution in [1.82, 2.24) is 0 Å². The molecule has 2 heterocycles. The van der Waals surface area contributed by atoms with Crippen LogP contribution < -0.4 is 9.64 Å². The molecule has 0 unspecified atom stereocenters. The SMILES string of the molecule is C[C@H]1Cc2ccccc2N1C(=O)c1ccc(COc2ccccc2F)o1. The summed E-state index contributed by atoms with van der Waals surface area (Å²) in [6, 6.07) is 17.4. The summed E-state index contributed by atoms with van der Waals surface area (Å²) in [4.78, 5) is 14.7. The number of fused-ring (bicyclic) bond motifs is 1. The second kappa shape index (κ2) is 6.67. The molecule has 0 fully saturated rings. The summed E-state index contributed by atoms with van der Waals surface area (Å²) in [7, 11) is 0. The van der Waals surface area contributed by atoms with Crippen LogP contribution in [0, 0.1) is 5.82 Å². The van der Waals surface area contributed by atoms with E-state index in [0.29, 0.717) is 5.76 Å². The number of ether oxygens (including phenoxy) is 1. The summed E-state index contributed by atoms with van der Waals surface area (Å²) in [6.07, 6.45) is 0.825. The van der Waals surface area contributed by atoms with Crippen molar-refractivity contribution in [3.63, 3.8) is 0 Å². The van der Waals surface area contributed by atoms with Gasteiger partial charge in [-0.05, 0) is 49.2 Å². The first-order valence-electron chi connectivity index (χ1n) is 8.51. The summed E-state index contributed by atoms with van der Waals surface area (Å²) in [6.45, 7) is 2.07. The van der Waals surface area contributed by atoms with Crippen molar-refractivity contribution in [2.75, 3.05) is 4.90 Å². The molecule has 132 valence electrons. The molecule has 0 saturated carbocycles. The molecule has 2 aromatic carbocycles. The number of rotatable bonds is 4. The van der Waals surface area contributed by atoms with Crippen LogP contribution in [0.5, 0.6) is 5.75 Å². The van der Waals surface area contributed by atoms with E-state index in [1.165, 1.54) is 6.07 Å². The highest BCUT2D eigenvalue weighted by molar-refractivity contribution is 6.06. The maximum atomic E-state index is 13.6. The Labute approximate surface area is 150 Å². The van der Waals surface area contributed by atoms with Gasteiger partial charge in [-0.15, -0.1) is 0 Å².